The summed E-state index contributed by atoms with van der Waals surface area (Å²) in [6, 6.07) is 31.8. The lowest BCUT2D eigenvalue weighted by Gasteiger charge is -2.17. The van der Waals surface area contributed by atoms with Crippen LogP contribution in [0.1, 0.15) is 29.3 Å². The maximum Gasteiger partial charge on any atom is 0.344 e. The number of amides is 1. The van der Waals surface area contributed by atoms with E-state index in [0.29, 0.717) is 23.5 Å². The molecule has 6 nitrogen and oxygen atoms in total. The van der Waals surface area contributed by atoms with E-state index in [1.54, 1.807) is 30.3 Å². The van der Waals surface area contributed by atoms with Crippen molar-refractivity contribution in [2.75, 3.05) is 0 Å². The Kier molecular flexibility index (Phi) is 7.99. The topological polar surface area (TPSA) is 77.0 Å². The largest absolute Gasteiger partial charge is 0.479 e. The summed E-state index contributed by atoms with van der Waals surface area (Å²) < 4.78 is 12.4. The Balaban J connectivity index is 1.19. The van der Waals surface area contributed by atoms with Crippen molar-refractivity contribution in [3.05, 3.63) is 119 Å². The lowest BCUT2D eigenvalue weighted by Crippen LogP contribution is -2.35. The second-order valence-corrected chi connectivity index (χ2v) is 9.63. The molecule has 7 heteroatoms. The molecular weight excluding hydrogens is 556 g/mol. The fourth-order valence-electron chi connectivity index (χ4n) is 4.21. The number of ether oxygens (including phenoxy) is 2. The number of fused-ring (bicyclic) bond motifs is 2. The van der Waals surface area contributed by atoms with Crippen molar-refractivity contribution in [3.63, 3.8) is 0 Å². The average Bonchev–Trinajstić information content (AvgIpc) is 2.97. The van der Waals surface area contributed by atoms with Gasteiger partial charge in [-0.1, -0.05) is 73.7 Å². The van der Waals surface area contributed by atoms with Crippen LogP contribution >= 0.6 is 15.9 Å². The maximum atomic E-state index is 12.8. The number of benzene rings is 5. The number of nitrogens with zero attached hydrogens (tertiary/aromatic N) is 1. The van der Waals surface area contributed by atoms with Crippen LogP contribution in [0.3, 0.4) is 0 Å². The molecule has 0 aliphatic heterocycles. The predicted octanol–water partition coefficient (Wildman–Crippen LogP) is 7.28. The maximum absolute atomic E-state index is 12.8. The van der Waals surface area contributed by atoms with Gasteiger partial charge in [0, 0.05) is 0 Å². The van der Waals surface area contributed by atoms with Gasteiger partial charge < -0.3 is 9.47 Å². The number of nitrogens with one attached hydrogen (secondary N) is 1. The van der Waals surface area contributed by atoms with Crippen LogP contribution in [-0.4, -0.2) is 24.2 Å². The third-order valence-corrected chi connectivity index (χ3v) is 7.07. The molecule has 5 rings (SSSR count). The zero-order valence-electron chi connectivity index (χ0n) is 21.1. The van der Waals surface area contributed by atoms with E-state index in [-0.39, 0.29) is 5.91 Å². The molecule has 1 unspecified atom stereocenters. The van der Waals surface area contributed by atoms with Gasteiger partial charge in [-0.05, 0) is 85.9 Å². The van der Waals surface area contributed by atoms with E-state index in [4.69, 9.17) is 9.47 Å². The highest BCUT2D eigenvalue weighted by atomic mass is 79.9. The van der Waals surface area contributed by atoms with Crippen LogP contribution in [0, 0.1) is 0 Å². The zero-order valence-corrected chi connectivity index (χ0v) is 22.7. The molecule has 0 saturated carbocycles. The molecule has 5 aromatic carbocycles. The van der Waals surface area contributed by atoms with Crippen molar-refractivity contribution in [1.82, 2.24) is 5.43 Å². The third-order valence-electron chi connectivity index (χ3n) is 6.25. The molecule has 1 amide bonds. The molecule has 39 heavy (non-hydrogen) atoms. The van der Waals surface area contributed by atoms with E-state index in [0.717, 1.165) is 31.6 Å². The molecule has 0 spiro atoms. The van der Waals surface area contributed by atoms with Crippen molar-refractivity contribution >= 4 is 55.6 Å². The molecule has 0 heterocycles. The molecule has 0 radical (unpaired) electrons. The van der Waals surface area contributed by atoms with Crippen molar-refractivity contribution in [3.8, 4) is 11.5 Å². The van der Waals surface area contributed by atoms with E-state index >= 15 is 0 Å². The van der Waals surface area contributed by atoms with Crippen LogP contribution in [0.25, 0.3) is 21.5 Å². The average molecular weight is 581 g/mol. The molecule has 194 valence electrons. The Morgan fingerprint density at radius 1 is 0.846 bits per heavy atom. The molecule has 0 saturated heterocycles. The lowest BCUT2D eigenvalue weighted by atomic mass is 10.0. The highest BCUT2D eigenvalue weighted by Gasteiger charge is 2.20. The number of esters is 1. The quantitative estimate of drug-likeness (QED) is 0.0905. The van der Waals surface area contributed by atoms with Gasteiger partial charge in [0.15, 0.2) is 6.10 Å². The van der Waals surface area contributed by atoms with Crippen LogP contribution in [0.4, 0.5) is 0 Å². The van der Waals surface area contributed by atoms with Crippen molar-refractivity contribution < 1.29 is 19.1 Å². The molecule has 0 aliphatic carbocycles. The summed E-state index contributed by atoms with van der Waals surface area (Å²) in [5.74, 6) is 0.224. The number of hydrogen-bond donors (Lipinski definition) is 1. The molecule has 1 N–H and O–H groups in total. The molecular formula is C32H25BrN2O4. The van der Waals surface area contributed by atoms with Crippen LogP contribution in [-0.2, 0) is 4.79 Å². The SMILES string of the molecule is CCC(Oc1ccc2ccccc2c1Br)C(=O)N/N=C/c1ccc(OC(=O)c2cccc3ccccc23)cc1. The summed E-state index contributed by atoms with van der Waals surface area (Å²) in [6.07, 6.45) is 1.28. The lowest BCUT2D eigenvalue weighted by molar-refractivity contribution is -0.128. The fourth-order valence-corrected chi connectivity index (χ4v) is 4.80. The van der Waals surface area contributed by atoms with Gasteiger partial charge in [0.1, 0.15) is 11.5 Å². The van der Waals surface area contributed by atoms with E-state index < -0.39 is 12.1 Å². The normalized spacial score (nSPS) is 11.9. The first kappa shape index (κ1) is 26.1. The van der Waals surface area contributed by atoms with Crippen molar-refractivity contribution in [1.29, 1.82) is 0 Å². The summed E-state index contributed by atoms with van der Waals surface area (Å²) in [4.78, 5) is 25.5. The number of halogens is 1. The first-order valence-electron chi connectivity index (χ1n) is 12.5. The molecule has 1 atom stereocenters. The number of hydrogen-bond acceptors (Lipinski definition) is 5. The van der Waals surface area contributed by atoms with E-state index in [1.165, 1.54) is 6.21 Å². The number of rotatable bonds is 8. The summed E-state index contributed by atoms with van der Waals surface area (Å²) in [5.41, 5.74) is 3.78. The predicted molar refractivity (Wildman–Crippen MR) is 157 cm³/mol. The summed E-state index contributed by atoms with van der Waals surface area (Å²) in [6.45, 7) is 1.88. The van der Waals surface area contributed by atoms with Gasteiger partial charge in [-0.3, -0.25) is 4.79 Å². The standard InChI is InChI=1S/C32H25BrN2O4/c1-2-28(39-29-19-16-23-9-4-6-12-26(23)30(29)33)31(36)35-34-20-21-14-17-24(18-15-21)38-32(37)27-13-7-10-22-8-3-5-11-25(22)27/h3-20,28H,2H2,1H3,(H,35,36)/b34-20+. The second-order valence-electron chi connectivity index (χ2n) is 8.83. The highest BCUT2D eigenvalue weighted by molar-refractivity contribution is 9.10. The summed E-state index contributed by atoms with van der Waals surface area (Å²) >= 11 is 3.60. The van der Waals surface area contributed by atoms with Gasteiger partial charge in [0.05, 0.1) is 16.3 Å². The Bertz CT molecular complexity index is 1680. The molecule has 5 aromatic rings. The number of hydrazone groups is 1. The summed E-state index contributed by atoms with van der Waals surface area (Å²) in [5, 5.41) is 7.97. The van der Waals surface area contributed by atoms with Gasteiger partial charge >= 0.3 is 5.97 Å². The first-order valence-corrected chi connectivity index (χ1v) is 13.3. The van der Waals surface area contributed by atoms with E-state index in [1.807, 2.05) is 79.7 Å². The van der Waals surface area contributed by atoms with Gasteiger partial charge in [0.25, 0.3) is 5.91 Å². The van der Waals surface area contributed by atoms with E-state index in [9.17, 15) is 9.59 Å². The highest BCUT2D eigenvalue weighted by Crippen LogP contribution is 2.34. The molecule has 0 aliphatic rings. The van der Waals surface area contributed by atoms with Crippen molar-refractivity contribution in [2.45, 2.75) is 19.4 Å². The van der Waals surface area contributed by atoms with Gasteiger partial charge in [-0.25, -0.2) is 10.2 Å². The molecule has 0 bridgehead atoms. The smallest absolute Gasteiger partial charge is 0.344 e. The van der Waals surface area contributed by atoms with Crippen LogP contribution in [0.5, 0.6) is 11.5 Å². The second kappa shape index (κ2) is 11.9. The van der Waals surface area contributed by atoms with Gasteiger partial charge in [-0.15, -0.1) is 0 Å². The minimum Gasteiger partial charge on any atom is -0.479 e. The number of carbonyl (C=O) groups is 2. The van der Waals surface area contributed by atoms with Gasteiger partial charge in [-0.2, -0.15) is 5.10 Å². The van der Waals surface area contributed by atoms with Crippen LogP contribution < -0.4 is 14.9 Å². The minimum absolute atomic E-state index is 0.352. The van der Waals surface area contributed by atoms with Crippen molar-refractivity contribution in [2.24, 2.45) is 5.10 Å². The monoisotopic (exact) mass is 580 g/mol. The first-order chi connectivity index (χ1) is 19.0. The third kappa shape index (κ3) is 5.99. The Morgan fingerprint density at radius 3 is 2.26 bits per heavy atom. The minimum atomic E-state index is -0.713. The number of carbonyl (C=O) groups excluding carboxylic acids is 2. The molecule has 0 aromatic heterocycles. The summed E-state index contributed by atoms with van der Waals surface area (Å²) in [7, 11) is 0. The van der Waals surface area contributed by atoms with Crippen LogP contribution in [0.2, 0.25) is 0 Å². The molecule has 0 fully saturated rings. The van der Waals surface area contributed by atoms with E-state index in [2.05, 4.69) is 26.5 Å². The van der Waals surface area contributed by atoms with Crippen LogP contribution in [0.15, 0.2) is 113 Å². The Morgan fingerprint density at radius 2 is 1.51 bits per heavy atom. The Hall–Kier alpha value is -4.49. The van der Waals surface area contributed by atoms with Gasteiger partial charge in [0.2, 0.25) is 0 Å². The zero-order chi connectivity index (χ0) is 27.2. The fraction of sp³-hybridized carbons (Fsp3) is 0.0938. The Labute approximate surface area is 234 Å².